The van der Waals surface area contributed by atoms with Crippen molar-refractivity contribution in [3.63, 3.8) is 0 Å². The average Bonchev–Trinajstić information content (AvgIpc) is 3.36. The topological polar surface area (TPSA) is 144 Å². The number of carbonyl (C=O) groups excluding carboxylic acids is 1. The molecule has 2 amide bonds. The van der Waals surface area contributed by atoms with Gasteiger partial charge in [0, 0.05) is 49.1 Å². The van der Waals surface area contributed by atoms with Gasteiger partial charge in [-0.05, 0) is 31.2 Å². The van der Waals surface area contributed by atoms with Gasteiger partial charge in [-0.25, -0.2) is 14.8 Å². The summed E-state index contributed by atoms with van der Waals surface area (Å²) in [7, 11) is 1.61. The number of ether oxygens (including phenoxy) is 1. The lowest BCUT2D eigenvalue weighted by Crippen LogP contribution is -2.37. The molecule has 0 unspecified atom stereocenters. The molecular weight excluding hydrogens is 470 g/mol. The van der Waals surface area contributed by atoms with Crippen molar-refractivity contribution < 1.29 is 9.53 Å². The first-order valence-electron chi connectivity index (χ1n) is 11.8. The van der Waals surface area contributed by atoms with E-state index in [0.29, 0.717) is 60.2 Å². The van der Waals surface area contributed by atoms with E-state index < -0.39 is 0 Å². The van der Waals surface area contributed by atoms with Crippen molar-refractivity contribution in [2.24, 2.45) is 4.99 Å². The van der Waals surface area contributed by atoms with Crippen LogP contribution in [0.25, 0.3) is 22.2 Å². The highest BCUT2D eigenvalue weighted by atomic mass is 16.5. The standard InChI is InChI=1S/C26H25N9O2/c1-3-35(7-8-37-2)26(36)31-19-9-17(12-28-14-19)18-10-20-24(33-34-25(20)30-13-18)22-15-29-21-6-4-5-16(11-27)23(21)32-22/h4-6,9-10,12-14,29H,3,7-8,15H2,1-2H3,(H,31,36)(H,30,33,34). The van der Waals surface area contributed by atoms with Crippen LogP contribution >= 0.6 is 0 Å². The van der Waals surface area contributed by atoms with E-state index in [9.17, 15) is 10.1 Å². The summed E-state index contributed by atoms with van der Waals surface area (Å²) in [5, 5.41) is 23.9. The second kappa shape index (κ2) is 10.4. The predicted octanol–water partition coefficient (Wildman–Crippen LogP) is 3.94. The summed E-state index contributed by atoms with van der Waals surface area (Å²) in [6.45, 7) is 3.90. The number of anilines is 2. The van der Waals surface area contributed by atoms with Crippen LogP contribution < -0.4 is 10.6 Å². The van der Waals surface area contributed by atoms with Crippen LogP contribution in [0.1, 0.15) is 18.2 Å². The van der Waals surface area contributed by atoms with E-state index in [4.69, 9.17) is 9.73 Å². The second-order valence-corrected chi connectivity index (χ2v) is 8.38. The quantitative estimate of drug-likeness (QED) is 0.352. The fourth-order valence-electron chi connectivity index (χ4n) is 4.14. The Balaban J connectivity index is 1.45. The summed E-state index contributed by atoms with van der Waals surface area (Å²) in [4.78, 5) is 27.9. The Morgan fingerprint density at radius 2 is 2.11 bits per heavy atom. The number of hydrogen-bond donors (Lipinski definition) is 3. The molecule has 0 aliphatic carbocycles. The number of aromatic nitrogens is 4. The van der Waals surface area contributed by atoms with E-state index in [0.717, 1.165) is 22.2 Å². The van der Waals surface area contributed by atoms with Crippen LogP contribution in [-0.4, -0.2) is 70.2 Å². The van der Waals surface area contributed by atoms with Crippen LogP contribution in [0.5, 0.6) is 0 Å². The molecule has 0 saturated heterocycles. The lowest BCUT2D eigenvalue weighted by molar-refractivity contribution is 0.157. The first-order chi connectivity index (χ1) is 18.1. The molecule has 0 fully saturated rings. The molecule has 4 aromatic rings. The van der Waals surface area contributed by atoms with Crippen LogP contribution in [0, 0.1) is 11.3 Å². The number of nitrogens with zero attached hydrogens (tertiary/aromatic N) is 6. The Labute approximate surface area is 213 Å². The summed E-state index contributed by atoms with van der Waals surface area (Å²) in [5.74, 6) is 0. The first-order valence-corrected chi connectivity index (χ1v) is 11.8. The number of hydrogen-bond acceptors (Lipinski definition) is 8. The number of carbonyl (C=O) groups is 1. The number of amides is 2. The maximum atomic E-state index is 12.7. The molecule has 1 aliphatic heterocycles. The number of H-pyrrole nitrogens is 1. The minimum absolute atomic E-state index is 0.218. The molecule has 3 N–H and O–H groups in total. The van der Waals surface area contributed by atoms with Crippen molar-refractivity contribution in [2.45, 2.75) is 6.92 Å². The number of aromatic amines is 1. The second-order valence-electron chi connectivity index (χ2n) is 8.38. The number of benzene rings is 1. The van der Waals surface area contributed by atoms with Gasteiger partial charge in [0.1, 0.15) is 17.5 Å². The van der Waals surface area contributed by atoms with Gasteiger partial charge in [-0.1, -0.05) is 6.07 Å². The molecule has 5 rings (SSSR count). The van der Waals surface area contributed by atoms with Gasteiger partial charge in [0.25, 0.3) is 0 Å². The molecule has 0 saturated carbocycles. The third-order valence-corrected chi connectivity index (χ3v) is 6.10. The van der Waals surface area contributed by atoms with Crippen LogP contribution in [0.15, 0.2) is 53.9 Å². The minimum atomic E-state index is -0.218. The van der Waals surface area contributed by atoms with E-state index >= 15 is 0 Å². The van der Waals surface area contributed by atoms with Gasteiger partial charge in [0.15, 0.2) is 5.65 Å². The number of urea groups is 1. The van der Waals surface area contributed by atoms with Crippen LogP contribution in [0.4, 0.5) is 21.9 Å². The van der Waals surface area contributed by atoms with Gasteiger partial charge in [-0.15, -0.1) is 0 Å². The zero-order chi connectivity index (χ0) is 25.8. The van der Waals surface area contributed by atoms with Crippen LogP contribution in [0.3, 0.4) is 0 Å². The normalized spacial score (nSPS) is 12.3. The monoisotopic (exact) mass is 495 g/mol. The molecule has 11 nitrogen and oxygen atoms in total. The predicted molar refractivity (Wildman–Crippen MR) is 141 cm³/mol. The number of methoxy groups -OCH3 is 1. The number of rotatable bonds is 7. The lowest BCUT2D eigenvalue weighted by Gasteiger charge is -2.21. The largest absolute Gasteiger partial charge is 0.383 e. The maximum Gasteiger partial charge on any atom is 0.321 e. The molecule has 3 aromatic heterocycles. The fourth-order valence-corrected chi connectivity index (χ4v) is 4.14. The third-order valence-electron chi connectivity index (χ3n) is 6.10. The number of nitrogens with one attached hydrogen (secondary N) is 3. The minimum Gasteiger partial charge on any atom is -0.383 e. The van der Waals surface area contributed by atoms with Gasteiger partial charge in [-0.3, -0.25) is 10.1 Å². The van der Waals surface area contributed by atoms with E-state index in [2.05, 4.69) is 36.9 Å². The third kappa shape index (κ3) is 4.82. The fraction of sp³-hybridized carbons (Fsp3) is 0.231. The van der Waals surface area contributed by atoms with Crippen molar-refractivity contribution in [1.82, 2.24) is 25.1 Å². The molecule has 4 heterocycles. The number of fused-ring (bicyclic) bond motifs is 2. The van der Waals surface area contributed by atoms with Crippen molar-refractivity contribution in [3.8, 4) is 17.2 Å². The molecule has 1 aliphatic rings. The summed E-state index contributed by atoms with van der Waals surface area (Å²) in [6, 6.07) is 11.3. The highest BCUT2D eigenvalue weighted by Gasteiger charge is 2.20. The van der Waals surface area contributed by atoms with Gasteiger partial charge in [0.2, 0.25) is 0 Å². The number of pyridine rings is 2. The number of likely N-dealkylation sites (N-methyl/N-ethyl adjacent to an activating group) is 1. The lowest BCUT2D eigenvalue weighted by atomic mass is 10.1. The number of para-hydroxylation sites is 1. The molecule has 0 spiro atoms. The summed E-state index contributed by atoms with van der Waals surface area (Å²) in [6.07, 6.45) is 5.05. The molecule has 186 valence electrons. The van der Waals surface area contributed by atoms with E-state index in [1.165, 1.54) is 0 Å². The van der Waals surface area contributed by atoms with Crippen LogP contribution in [0.2, 0.25) is 0 Å². The Morgan fingerprint density at radius 1 is 1.24 bits per heavy atom. The van der Waals surface area contributed by atoms with Gasteiger partial charge in [0.05, 0.1) is 42.0 Å². The smallest absolute Gasteiger partial charge is 0.321 e. The zero-order valence-corrected chi connectivity index (χ0v) is 20.4. The summed E-state index contributed by atoms with van der Waals surface area (Å²) in [5.41, 5.74) is 6.07. The van der Waals surface area contributed by atoms with Gasteiger partial charge in [-0.2, -0.15) is 10.4 Å². The first kappa shape index (κ1) is 23.9. The Kier molecular flexibility index (Phi) is 6.74. The van der Waals surface area contributed by atoms with Crippen molar-refractivity contribution >= 4 is 39.8 Å². The van der Waals surface area contributed by atoms with E-state index in [-0.39, 0.29) is 6.03 Å². The average molecular weight is 496 g/mol. The summed E-state index contributed by atoms with van der Waals surface area (Å²) >= 11 is 0. The Hall–Kier alpha value is -4.82. The van der Waals surface area contributed by atoms with Crippen molar-refractivity contribution in [1.29, 1.82) is 5.26 Å². The highest BCUT2D eigenvalue weighted by molar-refractivity contribution is 6.13. The van der Waals surface area contributed by atoms with Gasteiger partial charge < -0.3 is 20.3 Å². The Bertz CT molecular complexity index is 1540. The number of aliphatic imine (C=N–C) groups is 1. The number of nitriles is 1. The molecule has 1 aromatic carbocycles. The van der Waals surface area contributed by atoms with Gasteiger partial charge >= 0.3 is 6.03 Å². The SMILES string of the molecule is CCN(CCOC)C(=O)Nc1cncc(-c2cnc3[nH]nc(C4=Nc5c(C#N)cccc5NC4)c3c2)c1. The van der Waals surface area contributed by atoms with E-state index in [1.807, 2.05) is 31.2 Å². The zero-order valence-electron chi connectivity index (χ0n) is 20.4. The molecule has 37 heavy (non-hydrogen) atoms. The molecular formula is C26H25N9O2. The molecule has 0 bridgehead atoms. The Morgan fingerprint density at radius 3 is 2.92 bits per heavy atom. The highest BCUT2D eigenvalue weighted by Crippen LogP contribution is 2.33. The summed E-state index contributed by atoms with van der Waals surface area (Å²) < 4.78 is 5.09. The molecule has 11 heteroatoms. The van der Waals surface area contributed by atoms with Crippen molar-refractivity contribution in [2.75, 3.05) is 44.0 Å². The van der Waals surface area contributed by atoms with E-state index in [1.54, 1.807) is 36.7 Å². The molecule has 0 radical (unpaired) electrons. The molecule has 0 atom stereocenters. The van der Waals surface area contributed by atoms with Crippen LogP contribution in [-0.2, 0) is 4.74 Å². The maximum absolute atomic E-state index is 12.7. The van der Waals surface area contributed by atoms with Crippen molar-refractivity contribution in [3.05, 3.63) is 60.2 Å².